The summed E-state index contributed by atoms with van der Waals surface area (Å²) in [5, 5.41) is 11.3. The molecular weight excluding hydrogens is 331 g/mol. The molecule has 0 aliphatic carbocycles. The number of carboxylic acid groups (broad SMARTS) is 1. The summed E-state index contributed by atoms with van der Waals surface area (Å²) in [6, 6.07) is 3.59. The number of benzene rings is 1. The zero-order valence-corrected chi connectivity index (χ0v) is 12.8. The van der Waals surface area contributed by atoms with Crippen LogP contribution in [0, 0.1) is 11.7 Å². The fraction of sp³-hybridized carbons (Fsp3) is 0.385. The third kappa shape index (κ3) is 5.16. The Morgan fingerprint density at radius 3 is 2.60 bits per heavy atom. The van der Waals surface area contributed by atoms with Crippen LogP contribution in [0.15, 0.2) is 22.7 Å². The number of amides is 2. The first-order valence-electron chi connectivity index (χ1n) is 6.02. The quantitative estimate of drug-likeness (QED) is 0.860. The smallest absolute Gasteiger partial charge is 0.323 e. The van der Waals surface area contributed by atoms with Crippen LogP contribution in [0.4, 0.5) is 14.9 Å². The molecule has 0 unspecified atom stereocenters. The molecule has 0 heterocycles. The molecule has 2 N–H and O–H groups in total. The summed E-state index contributed by atoms with van der Waals surface area (Å²) in [6.07, 6.45) is 0. The van der Waals surface area contributed by atoms with Gasteiger partial charge in [-0.25, -0.2) is 9.18 Å². The molecule has 2 amide bonds. The number of anilines is 1. The first kappa shape index (κ1) is 16.4. The number of halogens is 2. The van der Waals surface area contributed by atoms with Crippen LogP contribution < -0.4 is 5.32 Å². The molecule has 0 saturated carbocycles. The Kier molecular flexibility index (Phi) is 5.94. The van der Waals surface area contributed by atoms with Crippen LogP contribution in [-0.2, 0) is 4.79 Å². The van der Waals surface area contributed by atoms with Gasteiger partial charge in [0, 0.05) is 12.2 Å². The van der Waals surface area contributed by atoms with E-state index < -0.39 is 24.4 Å². The van der Waals surface area contributed by atoms with Crippen LogP contribution in [0.3, 0.4) is 0 Å². The number of rotatable bonds is 5. The van der Waals surface area contributed by atoms with E-state index in [-0.39, 0.29) is 11.6 Å². The van der Waals surface area contributed by atoms with Crippen molar-refractivity contribution in [2.75, 3.05) is 18.4 Å². The molecule has 1 aromatic rings. The molecule has 0 fully saturated rings. The molecule has 1 rings (SSSR count). The molecule has 0 atom stereocenters. The number of aliphatic carboxylic acids is 1. The van der Waals surface area contributed by atoms with Crippen molar-refractivity contribution >= 4 is 33.6 Å². The molecule has 0 radical (unpaired) electrons. The minimum Gasteiger partial charge on any atom is -0.480 e. The van der Waals surface area contributed by atoms with Crippen LogP contribution in [0.5, 0.6) is 0 Å². The van der Waals surface area contributed by atoms with Gasteiger partial charge in [-0.05, 0) is 40.0 Å². The van der Waals surface area contributed by atoms with Crippen molar-refractivity contribution in [1.82, 2.24) is 4.90 Å². The fourth-order valence-corrected chi connectivity index (χ4v) is 1.85. The Balaban J connectivity index is 2.78. The minimum atomic E-state index is -1.09. The predicted octanol–water partition coefficient (Wildman–Crippen LogP) is 3.16. The third-order valence-corrected chi connectivity index (χ3v) is 3.01. The first-order valence-corrected chi connectivity index (χ1v) is 6.81. The van der Waals surface area contributed by atoms with Crippen LogP contribution in [0.2, 0.25) is 0 Å². The highest BCUT2D eigenvalue weighted by Crippen LogP contribution is 2.19. The number of carbonyl (C=O) groups excluding carboxylic acids is 1. The van der Waals surface area contributed by atoms with Crippen LogP contribution in [-0.4, -0.2) is 35.1 Å². The molecular formula is C13H16BrFN2O3. The van der Waals surface area contributed by atoms with Gasteiger partial charge in [0.15, 0.2) is 0 Å². The lowest BCUT2D eigenvalue weighted by atomic mass is 10.2. The molecule has 0 aliphatic heterocycles. The summed E-state index contributed by atoms with van der Waals surface area (Å²) in [7, 11) is 0. The van der Waals surface area contributed by atoms with Gasteiger partial charge < -0.3 is 15.3 Å². The van der Waals surface area contributed by atoms with Gasteiger partial charge in [0.2, 0.25) is 0 Å². The average Bonchev–Trinajstić information content (AvgIpc) is 2.32. The van der Waals surface area contributed by atoms with Crippen molar-refractivity contribution in [3.8, 4) is 0 Å². The van der Waals surface area contributed by atoms with E-state index in [2.05, 4.69) is 21.2 Å². The lowest BCUT2D eigenvalue weighted by Gasteiger charge is -2.23. The highest BCUT2D eigenvalue weighted by atomic mass is 79.9. The van der Waals surface area contributed by atoms with E-state index in [0.717, 1.165) is 6.07 Å². The first-order chi connectivity index (χ1) is 9.29. The Labute approximate surface area is 124 Å². The topological polar surface area (TPSA) is 69.6 Å². The van der Waals surface area contributed by atoms with Gasteiger partial charge in [0.25, 0.3) is 0 Å². The number of nitrogens with one attached hydrogen (secondary N) is 1. The zero-order chi connectivity index (χ0) is 15.3. The second-order valence-corrected chi connectivity index (χ2v) is 5.58. The third-order valence-electron chi connectivity index (χ3n) is 2.37. The highest BCUT2D eigenvalue weighted by Gasteiger charge is 2.18. The average molecular weight is 347 g/mol. The number of hydrogen-bond acceptors (Lipinski definition) is 2. The van der Waals surface area contributed by atoms with E-state index in [1.54, 1.807) is 0 Å². The highest BCUT2D eigenvalue weighted by molar-refractivity contribution is 9.10. The maximum absolute atomic E-state index is 13.3. The van der Waals surface area contributed by atoms with E-state index in [4.69, 9.17) is 5.11 Å². The van der Waals surface area contributed by atoms with E-state index in [0.29, 0.717) is 11.0 Å². The van der Waals surface area contributed by atoms with E-state index in [1.165, 1.54) is 17.0 Å². The molecule has 5 nitrogen and oxygen atoms in total. The van der Waals surface area contributed by atoms with Crippen LogP contribution >= 0.6 is 15.9 Å². The van der Waals surface area contributed by atoms with Crippen molar-refractivity contribution in [3.05, 3.63) is 28.5 Å². The van der Waals surface area contributed by atoms with E-state index in [1.807, 2.05) is 13.8 Å². The number of hydrogen-bond donors (Lipinski definition) is 2. The Bertz CT molecular complexity index is 508. The Hall–Kier alpha value is -1.63. The van der Waals surface area contributed by atoms with E-state index >= 15 is 0 Å². The summed E-state index contributed by atoms with van der Waals surface area (Å²) in [5.41, 5.74) is 0.273. The maximum atomic E-state index is 13.3. The second kappa shape index (κ2) is 7.23. The van der Waals surface area contributed by atoms with Crippen molar-refractivity contribution in [2.24, 2.45) is 5.92 Å². The maximum Gasteiger partial charge on any atom is 0.323 e. The molecule has 1 aromatic carbocycles. The van der Waals surface area contributed by atoms with Crippen LogP contribution in [0.1, 0.15) is 13.8 Å². The normalized spacial score (nSPS) is 10.4. The van der Waals surface area contributed by atoms with Gasteiger partial charge in [-0.2, -0.15) is 0 Å². The van der Waals surface area contributed by atoms with E-state index in [9.17, 15) is 14.0 Å². The van der Waals surface area contributed by atoms with Crippen molar-refractivity contribution in [1.29, 1.82) is 0 Å². The van der Waals surface area contributed by atoms with Gasteiger partial charge in [-0.3, -0.25) is 4.79 Å². The lowest BCUT2D eigenvalue weighted by Crippen LogP contribution is -2.40. The molecule has 0 saturated heterocycles. The molecule has 0 aliphatic rings. The number of carboxylic acids is 1. The zero-order valence-electron chi connectivity index (χ0n) is 11.2. The van der Waals surface area contributed by atoms with Gasteiger partial charge in [-0.1, -0.05) is 13.8 Å². The van der Waals surface area contributed by atoms with Crippen molar-refractivity contribution < 1.29 is 19.1 Å². The number of urea groups is 1. The van der Waals surface area contributed by atoms with Gasteiger partial charge in [-0.15, -0.1) is 0 Å². The summed E-state index contributed by atoms with van der Waals surface area (Å²) >= 11 is 3.01. The lowest BCUT2D eigenvalue weighted by molar-refractivity contribution is -0.137. The molecule has 0 bridgehead atoms. The molecule has 0 aromatic heterocycles. The van der Waals surface area contributed by atoms with Gasteiger partial charge in [0.1, 0.15) is 12.4 Å². The summed E-state index contributed by atoms with van der Waals surface area (Å²) in [4.78, 5) is 23.9. The molecule has 110 valence electrons. The second-order valence-electron chi connectivity index (χ2n) is 4.73. The Morgan fingerprint density at radius 1 is 1.45 bits per heavy atom. The van der Waals surface area contributed by atoms with Gasteiger partial charge in [0.05, 0.1) is 4.47 Å². The summed E-state index contributed by atoms with van der Waals surface area (Å²) < 4.78 is 13.6. The van der Waals surface area contributed by atoms with Crippen molar-refractivity contribution in [2.45, 2.75) is 13.8 Å². The summed E-state index contributed by atoms with van der Waals surface area (Å²) in [5.74, 6) is -1.47. The largest absolute Gasteiger partial charge is 0.480 e. The van der Waals surface area contributed by atoms with Crippen LogP contribution in [0.25, 0.3) is 0 Å². The van der Waals surface area contributed by atoms with Crippen molar-refractivity contribution in [3.63, 3.8) is 0 Å². The monoisotopic (exact) mass is 346 g/mol. The molecule has 7 heteroatoms. The number of nitrogens with zero attached hydrogens (tertiary/aromatic N) is 1. The van der Waals surface area contributed by atoms with Gasteiger partial charge >= 0.3 is 12.0 Å². The Morgan fingerprint density at radius 2 is 2.10 bits per heavy atom. The predicted molar refractivity (Wildman–Crippen MR) is 77.2 cm³/mol. The standard InChI is InChI=1S/C13H16BrFN2O3/c1-8(2)6-17(7-12(18)19)13(20)16-9-3-4-10(14)11(15)5-9/h3-5,8H,6-7H2,1-2H3,(H,16,20)(H,18,19). The summed E-state index contributed by atoms with van der Waals surface area (Å²) in [6.45, 7) is 3.66. The minimum absolute atomic E-state index is 0.127. The molecule has 20 heavy (non-hydrogen) atoms. The number of carbonyl (C=O) groups is 2. The SMILES string of the molecule is CC(C)CN(CC(=O)O)C(=O)Nc1ccc(Br)c(F)c1. The fourth-order valence-electron chi connectivity index (χ4n) is 1.60. The molecule has 0 spiro atoms.